The maximum Gasteiger partial charge on any atom is 0.250 e. The molecule has 0 aliphatic heterocycles. The molecule has 0 aliphatic rings. The Hall–Kier alpha value is -1.41. The van der Waals surface area contributed by atoms with Gasteiger partial charge in [-0.25, -0.2) is 13.1 Å². The number of benzene rings is 1. The minimum Gasteiger partial charge on any atom is -0.492 e. The molecule has 5 nitrogen and oxygen atoms in total. The van der Waals surface area contributed by atoms with Crippen molar-refractivity contribution in [2.75, 3.05) is 13.2 Å². The number of para-hydroxylation sites is 1. The molecular formula is C13H16N2O3S2. The van der Waals surface area contributed by atoms with E-state index in [4.69, 9.17) is 10.5 Å². The molecule has 20 heavy (non-hydrogen) atoms. The van der Waals surface area contributed by atoms with E-state index >= 15 is 0 Å². The van der Waals surface area contributed by atoms with E-state index in [1.807, 2.05) is 30.3 Å². The topological polar surface area (TPSA) is 81.4 Å². The van der Waals surface area contributed by atoms with Gasteiger partial charge in [0.25, 0.3) is 0 Å². The van der Waals surface area contributed by atoms with Crippen LogP contribution >= 0.6 is 11.3 Å². The lowest BCUT2D eigenvalue weighted by Crippen LogP contribution is -2.27. The molecule has 2 aromatic rings. The molecule has 0 aliphatic carbocycles. The van der Waals surface area contributed by atoms with Gasteiger partial charge in [-0.3, -0.25) is 0 Å². The number of rotatable bonds is 7. The fraction of sp³-hybridized carbons (Fsp3) is 0.231. The van der Waals surface area contributed by atoms with Crippen LogP contribution in [0, 0.1) is 0 Å². The molecule has 3 N–H and O–H groups in total. The summed E-state index contributed by atoms with van der Waals surface area (Å²) in [4.78, 5) is 0. The minimum atomic E-state index is -3.47. The molecule has 1 aromatic heterocycles. The average molecular weight is 312 g/mol. The van der Waals surface area contributed by atoms with Gasteiger partial charge in [-0.15, -0.1) is 11.3 Å². The fourth-order valence-corrected chi connectivity index (χ4v) is 3.81. The van der Waals surface area contributed by atoms with Gasteiger partial charge in [-0.1, -0.05) is 18.2 Å². The average Bonchev–Trinajstić information content (AvgIpc) is 2.95. The van der Waals surface area contributed by atoms with E-state index in [0.717, 1.165) is 16.9 Å². The lowest BCUT2D eigenvalue weighted by atomic mass is 10.3. The molecule has 0 spiro atoms. The van der Waals surface area contributed by atoms with Crippen molar-refractivity contribution in [3.8, 4) is 5.75 Å². The lowest BCUT2D eigenvalue weighted by Gasteiger charge is -2.07. The van der Waals surface area contributed by atoms with Gasteiger partial charge in [0.1, 0.15) is 16.6 Å². The van der Waals surface area contributed by atoms with Crippen molar-refractivity contribution in [2.45, 2.75) is 10.8 Å². The Labute approximate surface area is 122 Å². The van der Waals surface area contributed by atoms with Gasteiger partial charge < -0.3 is 10.5 Å². The number of nitrogens with two attached hydrogens (primary N) is 1. The third kappa shape index (κ3) is 4.04. The normalized spacial score (nSPS) is 11.4. The first-order chi connectivity index (χ1) is 9.62. The number of hydrogen-bond acceptors (Lipinski definition) is 5. The number of nitrogens with one attached hydrogen (secondary N) is 1. The van der Waals surface area contributed by atoms with Crippen molar-refractivity contribution < 1.29 is 13.2 Å². The zero-order chi connectivity index (χ0) is 14.4. The van der Waals surface area contributed by atoms with Crippen LogP contribution in [0.15, 0.2) is 46.0 Å². The summed E-state index contributed by atoms with van der Waals surface area (Å²) < 4.78 is 32.1. The highest BCUT2D eigenvalue weighted by Crippen LogP contribution is 2.19. The predicted molar refractivity (Wildman–Crippen MR) is 79.3 cm³/mol. The van der Waals surface area contributed by atoms with E-state index in [9.17, 15) is 8.42 Å². The van der Waals surface area contributed by atoms with Crippen molar-refractivity contribution in [3.05, 3.63) is 47.3 Å². The highest BCUT2D eigenvalue weighted by atomic mass is 32.2. The summed E-state index contributed by atoms with van der Waals surface area (Å²) in [5.74, 6) is 0.716. The van der Waals surface area contributed by atoms with Crippen LogP contribution in [0.4, 0.5) is 0 Å². The summed E-state index contributed by atoms with van der Waals surface area (Å²) in [6, 6.07) is 10.8. The van der Waals surface area contributed by atoms with Gasteiger partial charge in [0, 0.05) is 13.1 Å². The Morgan fingerprint density at radius 2 is 2.00 bits per heavy atom. The molecule has 0 saturated heterocycles. The van der Waals surface area contributed by atoms with E-state index in [0.29, 0.717) is 12.3 Å². The first kappa shape index (κ1) is 15.0. The summed E-state index contributed by atoms with van der Waals surface area (Å²) >= 11 is 1.16. The summed E-state index contributed by atoms with van der Waals surface area (Å²) in [6.07, 6.45) is 0. The molecule has 2 rings (SSSR count). The smallest absolute Gasteiger partial charge is 0.250 e. The van der Waals surface area contributed by atoms with Crippen LogP contribution in [-0.4, -0.2) is 21.6 Å². The molecule has 0 unspecified atom stereocenters. The van der Waals surface area contributed by atoms with Crippen molar-refractivity contribution >= 4 is 21.4 Å². The second-order valence-corrected chi connectivity index (χ2v) is 6.94. The van der Waals surface area contributed by atoms with E-state index in [1.165, 1.54) is 0 Å². The quantitative estimate of drug-likeness (QED) is 0.760. The Balaban J connectivity index is 1.84. The van der Waals surface area contributed by atoms with Crippen LogP contribution in [0.25, 0.3) is 0 Å². The largest absolute Gasteiger partial charge is 0.492 e. The Morgan fingerprint density at radius 1 is 1.25 bits per heavy atom. The molecule has 0 radical (unpaired) electrons. The second kappa shape index (κ2) is 6.85. The molecule has 0 bridgehead atoms. The number of hydrogen-bond donors (Lipinski definition) is 2. The number of ether oxygens (including phenoxy) is 1. The SMILES string of the molecule is NCc1csc(S(=O)(=O)NCCOc2ccccc2)c1. The summed E-state index contributed by atoms with van der Waals surface area (Å²) in [6.45, 7) is 0.828. The molecule has 108 valence electrons. The van der Waals surface area contributed by atoms with Crippen LogP contribution in [0.3, 0.4) is 0 Å². The van der Waals surface area contributed by atoms with E-state index in [1.54, 1.807) is 11.4 Å². The zero-order valence-electron chi connectivity index (χ0n) is 10.8. The van der Waals surface area contributed by atoms with Gasteiger partial charge in [0.05, 0.1) is 0 Å². The molecular weight excluding hydrogens is 296 g/mol. The molecule has 0 atom stereocenters. The van der Waals surface area contributed by atoms with Crippen LogP contribution in [0.5, 0.6) is 5.75 Å². The Bertz CT molecular complexity index is 639. The third-order valence-corrected chi connectivity index (χ3v) is 5.49. The highest BCUT2D eigenvalue weighted by molar-refractivity contribution is 7.91. The van der Waals surface area contributed by atoms with Crippen molar-refractivity contribution in [1.29, 1.82) is 0 Å². The third-order valence-electron chi connectivity index (χ3n) is 2.54. The standard InChI is InChI=1S/C13H16N2O3S2/c14-9-11-8-13(19-10-11)20(16,17)15-6-7-18-12-4-2-1-3-5-12/h1-5,8,10,15H,6-7,9,14H2. The van der Waals surface area contributed by atoms with Crippen molar-refractivity contribution in [3.63, 3.8) is 0 Å². The van der Waals surface area contributed by atoms with Crippen LogP contribution in [0.2, 0.25) is 0 Å². The summed E-state index contributed by atoms with van der Waals surface area (Å²) in [5.41, 5.74) is 6.28. The zero-order valence-corrected chi connectivity index (χ0v) is 12.4. The highest BCUT2D eigenvalue weighted by Gasteiger charge is 2.15. The van der Waals surface area contributed by atoms with Gasteiger partial charge in [0.15, 0.2) is 0 Å². The molecule has 0 saturated carbocycles. The van der Waals surface area contributed by atoms with Gasteiger partial charge >= 0.3 is 0 Å². The minimum absolute atomic E-state index is 0.215. The molecule has 1 heterocycles. The number of sulfonamides is 1. The lowest BCUT2D eigenvalue weighted by molar-refractivity contribution is 0.323. The van der Waals surface area contributed by atoms with Gasteiger partial charge in [0.2, 0.25) is 10.0 Å². The molecule has 0 fully saturated rings. The summed E-state index contributed by atoms with van der Waals surface area (Å²) in [5, 5.41) is 1.75. The first-order valence-corrected chi connectivity index (χ1v) is 8.43. The maximum absolute atomic E-state index is 12.0. The van der Waals surface area contributed by atoms with Gasteiger partial charge in [-0.05, 0) is 29.1 Å². The first-order valence-electron chi connectivity index (χ1n) is 6.07. The number of thiophene rings is 1. The van der Waals surface area contributed by atoms with Crippen molar-refractivity contribution in [1.82, 2.24) is 4.72 Å². The van der Waals surface area contributed by atoms with Crippen molar-refractivity contribution in [2.24, 2.45) is 5.73 Å². The van der Waals surface area contributed by atoms with E-state index < -0.39 is 10.0 Å². The fourth-order valence-electron chi connectivity index (χ4n) is 1.53. The Morgan fingerprint density at radius 3 is 2.65 bits per heavy atom. The maximum atomic E-state index is 12.0. The summed E-state index contributed by atoms with van der Waals surface area (Å²) in [7, 11) is -3.47. The van der Waals surface area contributed by atoms with E-state index in [2.05, 4.69) is 4.72 Å². The predicted octanol–water partition coefficient (Wildman–Crippen LogP) is 1.56. The second-order valence-electron chi connectivity index (χ2n) is 4.04. The van der Waals surface area contributed by atoms with Crippen LogP contribution < -0.4 is 15.2 Å². The molecule has 7 heteroatoms. The van der Waals surface area contributed by atoms with Crippen LogP contribution in [0.1, 0.15) is 5.56 Å². The Kier molecular flexibility index (Phi) is 5.13. The molecule has 0 amide bonds. The molecule has 1 aromatic carbocycles. The van der Waals surface area contributed by atoms with Gasteiger partial charge in [-0.2, -0.15) is 0 Å². The van der Waals surface area contributed by atoms with E-state index in [-0.39, 0.29) is 17.4 Å². The van der Waals surface area contributed by atoms with Crippen LogP contribution in [-0.2, 0) is 16.6 Å². The monoisotopic (exact) mass is 312 g/mol.